The van der Waals surface area contributed by atoms with Crippen molar-refractivity contribution in [3.8, 4) is 0 Å². The molecule has 0 bridgehead atoms. The monoisotopic (exact) mass is 304 g/mol. The van der Waals surface area contributed by atoms with Crippen molar-refractivity contribution in [2.75, 3.05) is 5.43 Å². The van der Waals surface area contributed by atoms with E-state index in [-0.39, 0.29) is 10.9 Å². The van der Waals surface area contributed by atoms with Gasteiger partial charge in [-0.1, -0.05) is 30.3 Å². The van der Waals surface area contributed by atoms with Gasteiger partial charge >= 0.3 is 6.18 Å². The molecule has 0 aliphatic carbocycles. The normalized spacial score (nSPS) is 12.6. The Bertz CT molecular complexity index is 854. The number of nitrogens with zero attached hydrogens (tertiary/aromatic N) is 1. The van der Waals surface area contributed by atoms with Gasteiger partial charge in [0.05, 0.1) is 11.0 Å². The van der Waals surface area contributed by atoms with E-state index in [9.17, 15) is 13.2 Å². The van der Waals surface area contributed by atoms with Crippen LogP contribution in [-0.4, -0.2) is 0 Å². The van der Waals surface area contributed by atoms with Crippen molar-refractivity contribution in [2.45, 2.75) is 6.18 Å². The first kappa shape index (κ1) is 14.2. The summed E-state index contributed by atoms with van der Waals surface area (Å²) in [6.07, 6.45) is -4.57. The van der Waals surface area contributed by atoms with E-state index in [0.29, 0.717) is 11.1 Å². The SMILES string of the molecule is FC(F)(F)c1c/c(=N\Nc2ccccc2)c2ccccc2o1. The highest BCUT2D eigenvalue weighted by Crippen LogP contribution is 2.29. The molecule has 0 aliphatic rings. The number of benzene rings is 2. The second-order valence-corrected chi connectivity index (χ2v) is 4.58. The Balaban J connectivity index is 2.14. The van der Waals surface area contributed by atoms with Gasteiger partial charge in [-0.25, -0.2) is 0 Å². The van der Waals surface area contributed by atoms with E-state index in [2.05, 4.69) is 10.5 Å². The number of hydrogen-bond donors (Lipinski definition) is 1. The minimum atomic E-state index is -4.57. The molecule has 0 unspecified atom stereocenters. The summed E-state index contributed by atoms with van der Waals surface area (Å²) in [6, 6.07) is 16.3. The van der Waals surface area contributed by atoms with Crippen LogP contribution >= 0.6 is 0 Å². The molecule has 0 saturated carbocycles. The van der Waals surface area contributed by atoms with Crippen molar-refractivity contribution < 1.29 is 17.6 Å². The van der Waals surface area contributed by atoms with E-state index in [1.54, 1.807) is 42.5 Å². The standard InChI is InChI=1S/C16H11F3N2O/c17-16(18,19)15-10-13(12-8-4-5-9-14(12)22-15)21-20-11-6-2-1-3-7-11/h1-10,20H/b21-13+. The van der Waals surface area contributed by atoms with Gasteiger partial charge in [-0.05, 0) is 24.3 Å². The second kappa shape index (κ2) is 5.55. The molecule has 0 aliphatic heterocycles. The molecule has 0 radical (unpaired) electrons. The summed E-state index contributed by atoms with van der Waals surface area (Å²) >= 11 is 0. The molecular formula is C16H11F3N2O. The smallest absolute Gasteiger partial charge is 0.449 e. The van der Waals surface area contributed by atoms with Crippen LogP contribution in [0.4, 0.5) is 18.9 Å². The van der Waals surface area contributed by atoms with Crippen LogP contribution < -0.4 is 10.8 Å². The van der Waals surface area contributed by atoms with Crippen LogP contribution in [0.5, 0.6) is 0 Å². The van der Waals surface area contributed by atoms with Crippen LogP contribution in [0.3, 0.4) is 0 Å². The minimum Gasteiger partial charge on any atom is -0.451 e. The van der Waals surface area contributed by atoms with Gasteiger partial charge in [0.1, 0.15) is 5.58 Å². The van der Waals surface area contributed by atoms with Crippen molar-refractivity contribution in [2.24, 2.45) is 5.10 Å². The molecule has 0 amide bonds. The van der Waals surface area contributed by atoms with E-state index in [1.807, 2.05) is 6.07 Å². The third-order valence-corrected chi connectivity index (χ3v) is 3.01. The molecule has 2 aromatic carbocycles. The fraction of sp³-hybridized carbons (Fsp3) is 0.0625. The van der Waals surface area contributed by atoms with E-state index < -0.39 is 11.9 Å². The van der Waals surface area contributed by atoms with Crippen molar-refractivity contribution in [1.29, 1.82) is 0 Å². The summed E-state index contributed by atoms with van der Waals surface area (Å²) in [5, 5.41) is 4.73. The van der Waals surface area contributed by atoms with Gasteiger partial charge < -0.3 is 4.42 Å². The zero-order valence-electron chi connectivity index (χ0n) is 11.3. The first-order valence-electron chi connectivity index (χ1n) is 6.49. The highest BCUT2D eigenvalue weighted by molar-refractivity contribution is 5.76. The largest absolute Gasteiger partial charge is 0.451 e. The van der Waals surface area contributed by atoms with Gasteiger partial charge in [0.2, 0.25) is 5.76 Å². The molecule has 3 aromatic rings. The maximum atomic E-state index is 12.9. The molecule has 22 heavy (non-hydrogen) atoms. The van der Waals surface area contributed by atoms with Crippen LogP contribution in [0.25, 0.3) is 11.0 Å². The zero-order chi connectivity index (χ0) is 15.6. The average molecular weight is 304 g/mol. The Hall–Kier alpha value is -2.76. The van der Waals surface area contributed by atoms with Crippen LogP contribution in [0, 0.1) is 0 Å². The van der Waals surface area contributed by atoms with Gasteiger partial charge in [-0.2, -0.15) is 18.3 Å². The summed E-state index contributed by atoms with van der Waals surface area (Å²) in [4.78, 5) is 0. The quantitative estimate of drug-likeness (QED) is 0.713. The van der Waals surface area contributed by atoms with Gasteiger partial charge in [0.15, 0.2) is 0 Å². The van der Waals surface area contributed by atoms with Gasteiger partial charge in [-0.15, -0.1) is 0 Å². The number of rotatable bonds is 2. The molecule has 1 N–H and O–H groups in total. The molecule has 3 nitrogen and oxygen atoms in total. The number of anilines is 1. The topological polar surface area (TPSA) is 37.5 Å². The third-order valence-electron chi connectivity index (χ3n) is 3.01. The maximum absolute atomic E-state index is 12.9. The van der Waals surface area contributed by atoms with Crippen molar-refractivity contribution in [3.05, 3.63) is 71.8 Å². The molecule has 1 aromatic heterocycles. The number of nitrogens with one attached hydrogen (secondary N) is 1. The molecule has 3 rings (SSSR count). The number of fused-ring (bicyclic) bond motifs is 1. The number of para-hydroxylation sites is 2. The Morgan fingerprint density at radius 2 is 1.59 bits per heavy atom. The third kappa shape index (κ3) is 2.95. The first-order valence-corrected chi connectivity index (χ1v) is 6.49. The lowest BCUT2D eigenvalue weighted by Gasteiger charge is -2.07. The summed E-state index contributed by atoms with van der Waals surface area (Å²) in [5.41, 5.74) is 3.56. The molecule has 0 atom stereocenters. The molecule has 112 valence electrons. The summed E-state index contributed by atoms with van der Waals surface area (Å²) in [7, 11) is 0. The highest BCUT2D eigenvalue weighted by Gasteiger charge is 2.34. The Morgan fingerprint density at radius 3 is 2.32 bits per heavy atom. The van der Waals surface area contributed by atoms with Crippen LogP contribution in [0.1, 0.15) is 5.76 Å². The number of alkyl halides is 3. The number of hydrogen-bond acceptors (Lipinski definition) is 3. The lowest BCUT2D eigenvalue weighted by atomic mass is 10.2. The number of halogens is 3. The van der Waals surface area contributed by atoms with E-state index in [0.717, 1.165) is 6.07 Å². The predicted molar refractivity (Wildman–Crippen MR) is 76.8 cm³/mol. The second-order valence-electron chi connectivity index (χ2n) is 4.58. The van der Waals surface area contributed by atoms with Crippen LogP contribution in [-0.2, 0) is 6.18 Å². The first-order chi connectivity index (χ1) is 10.5. The predicted octanol–water partition coefficient (Wildman–Crippen LogP) is 4.38. The molecule has 0 saturated heterocycles. The van der Waals surface area contributed by atoms with Crippen molar-refractivity contribution in [1.82, 2.24) is 0 Å². The van der Waals surface area contributed by atoms with Gasteiger partial charge in [0.25, 0.3) is 0 Å². The molecule has 1 heterocycles. The Labute approximate surface area is 123 Å². The van der Waals surface area contributed by atoms with Crippen LogP contribution in [0.2, 0.25) is 0 Å². The summed E-state index contributed by atoms with van der Waals surface area (Å²) in [5.74, 6) is -1.08. The average Bonchev–Trinajstić information content (AvgIpc) is 2.52. The summed E-state index contributed by atoms with van der Waals surface area (Å²) < 4.78 is 43.6. The lowest BCUT2D eigenvalue weighted by molar-refractivity contribution is -0.152. The Kier molecular flexibility index (Phi) is 3.58. The molecular weight excluding hydrogens is 293 g/mol. The molecule has 0 fully saturated rings. The van der Waals surface area contributed by atoms with E-state index in [4.69, 9.17) is 4.42 Å². The summed E-state index contributed by atoms with van der Waals surface area (Å²) in [6.45, 7) is 0. The van der Waals surface area contributed by atoms with Crippen LogP contribution in [0.15, 0.2) is 70.2 Å². The molecule has 6 heteroatoms. The van der Waals surface area contributed by atoms with Crippen molar-refractivity contribution >= 4 is 16.7 Å². The molecule has 0 spiro atoms. The Morgan fingerprint density at radius 1 is 0.909 bits per heavy atom. The van der Waals surface area contributed by atoms with Gasteiger partial charge in [0, 0.05) is 11.5 Å². The minimum absolute atomic E-state index is 0.130. The fourth-order valence-corrected chi connectivity index (χ4v) is 1.99. The maximum Gasteiger partial charge on any atom is 0.449 e. The highest BCUT2D eigenvalue weighted by atomic mass is 19.4. The van der Waals surface area contributed by atoms with E-state index in [1.165, 1.54) is 6.07 Å². The van der Waals surface area contributed by atoms with Crippen molar-refractivity contribution in [3.63, 3.8) is 0 Å². The zero-order valence-corrected chi connectivity index (χ0v) is 11.3. The van der Waals surface area contributed by atoms with Gasteiger partial charge in [-0.3, -0.25) is 5.43 Å². The fourth-order valence-electron chi connectivity index (χ4n) is 1.99. The lowest BCUT2D eigenvalue weighted by Crippen LogP contribution is -2.13. The van der Waals surface area contributed by atoms with E-state index >= 15 is 0 Å².